The van der Waals surface area contributed by atoms with Crippen LogP contribution in [0.25, 0.3) is 0 Å². The SMILES string of the molecule is CCC(C)c1nc(CC(C)c2cccnc2C(=O)O)ccc1C(=O)O. The van der Waals surface area contributed by atoms with E-state index in [-0.39, 0.29) is 23.1 Å². The molecule has 2 atom stereocenters. The first-order valence-corrected chi connectivity index (χ1v) is 8.26. The summed E-state index contributed by atoms with van der Waals surface area (Å²) in [5, 5.41) is 18.6. The van der Waals surface area contributed by atoms with Crippen LogP contribution >= 0.6 is 0 Å². The van der Waals surface area contributed by atoms with Crippen molar-refractivity contribution in [3.63, 3.8) is 0 Å². The van der Waals surface area contributed by atoms with Crippen molar-refractivity contribution in [3.05, 3.63) is 58.7 Å². The molecule has 132 valence electrons. The smallest absolute Gasteiger partial charge is 0.354 e. The molecule has 0 saturated heterocycles. The first-order valence-electron chi connectivity index (χ1n) is 8.26. The van der Waals surface area contributed by atoms with Crippen LogP contribution in [-0.2, 0) is 6.42 Å². The Kier molecular flexibility index (Phi) is 5.85. The summed E-state index contributed by atoms with van der Waals surface area (Å²) in [7, 11) is 0. The van der Waals surface area contributed by atoms with E-state index in [9.17, 15) is 19.8 Å². The summed E-state index contributed by atoms with van der Waals surface area (Å²) >= 11 is 0. The Labute approximate surface area is 146 Å². The molecule has 0 aliphatic carbocycles. The van der Waals surface area contributed by atoms with E-state index in [0.29, 0.717) is 17.7 Å². The molecule has 0 aromatic carbocycles. The highest BCUT2D eigenvalue weighted by molar-refractivity contribution is 5.89. The predicted molar refractivity (Wildman–Crippen MR) is 93.2 cm³/mol. The second kappa shape index (κ2) is 7.88. The van der Waals surface area contributed by atoms with E-state index >= 15 is 0 Å². The summed E-state index contributed by atoms with van der Waals surface area (Å²) in [5.41, 5.74) is 2.22. The number of carboxylic acids is 2. The van der Waals surface area contributed by atoms with E-state index in [1.807, 2.05) is 20.8 Å². The van der Waals surface area contributed by atoms with Gasteiger partial charge in [-0.25, -0.2) is 14.6 Å². The second-order valence-electron chi connectivity index (χ2n) is 6.20. The summed E-state index contributed by atoms with van der Waals surface area (Å²) in [6.45, 7) is 5.85. The van der Waals surface area contributed by atoms with Crippen LogP contribution in [0, 0.1) is 0 Å². The molecule has 25 heavy (non-hydrogen) atoms. The van der Waals surface area contributed by atoms with Gasteiger partial charge in [-0.3, -0.25) is 4.98 Å². The first kappa shape index (κ1) is 18.6. The standard InChI is InChI=1S/C19H22N2O4/c1-4-11(2)16-15(18(22)23)8-7-13(21-16)10-12(3)14-6-5-9-20-17(14)19(24)25/h5-9,11-12H,4,10H2,1-3H3,(H,22,23)(H,24,25). The highest BCUT2D eigenvalue weighted by atomic mass is 16.4. The molecule has 0 saturated carbocycles. The number of carboxylic acid groups (broad SMARTS) is 2. The number of hydrogen-bond acceptors (Lipinski definition) is 4. The maximum Gasteiger partial charge on any atom is 0.354 e. The van der Waals surface area contributed by atoms with Gasteiger partial charge in [-0.15, -0.1) is 0 Å². The molecule has 0 spiro atoms. The van der Waals surface area contributed by atoms with Gasteiger partial charge in [0.1, 0.15) is 0 Å². The third kappa shape index (κ3) is 4.21. The lowest BCUT2D eigenvalue weighted by Crippen LogP contribution is -2.12. The molecule has 2 aromatic rings. The second-order valence-corrected chi connectivity index (χ2v) is 6.20. The highest BCUT2D eigenvalue weighted by Gasteiger charge is 2.20. The summed E-state index contributed by atoms with van der Waals surface area (Å²) in [4.78, 5) is 31.2. The molecular weight excluding hydrogens is 320 g/mol. The van der Waals surface area contributed by atoms with Crippen LogP contribution in [0.15, 0.2) is 30.5 Å². The summed E-state index contributed by atoms with van der Waals surface area (Å²) in [6.07, 6.45) is 2.76. The van der Waals surface area contributed by atoms with Gasteiger partial charge in [0.2, 0.25) is 0 Å². The van der Waals surface area contributed by atoms with Gasteiger partial charge in [0.05, 0.1) is 11.3 Å². The molecule has 2 unspecified atom stereocenters. The van der Waals surface area contributed by atoms with Gasteiger partial charge in [-0.1, -0.05) is 26.8 Å². The Morgan fingerprint density at radius 3 is 2.40 bits per heavy atom. The molecule has 0 radical (unpaired) electrons. The Balaban J connectivity index is 2.34. The molecular formula is C19H22N2O4. The molecule has 6 heteroatoms. The highest BCUT2D eigenvalue weighted by Crippen LogP contribution is 2.25. The average molecular weight is 342 g/mol. The van der Waals surface area contributed by atoms with Gasteiger partial charge < -0.3 is 10.2 Å². The quantitative estimate of drug-likeness (QED) is 0.795. The molecule has 0 bridgehead atoms. The summed E-state index contributed by atoms with van der Waals surface area (Å²) < 4.78 is 0. The van der Waals surface area contributed by atoms with E-state index < -0.39 is 11.9 Å². The zero-order valence-electron chi connectivity index (χ0n) is 14.6. The normalized spacial score (nSPS) is 13.2. The number of rotatable bonds is 7. The van der Waals surface area contributed by atoms with Crippen molar-refractivity contribution in [2.75, 3.05) is 0 Å². The van der Waals surface area contributed by atoms with Gasteiger partial charge in [0.15, 0.2) is 5.69 Å². The van der Waals surface area contributed by atoms with E-state index in [2.05, 4.69) is 9.97 Å². The Bertz CT molecular complexity index is 789. The number of aromatic carboxylic acids is 2. The van der Waals surface area contributed by atoms with E-state index in [1.165, 1.54) is 6.20 Å². The molecule has 2 N–H and O–H groups in total. The van der Waals surface area contributed by atoms with Crippen molar-refractivity contribution in [2.45, 2.75) is 45.4 Å². The molecule has 2 rings (SSSR count). The molecule has 0 aliphatic rings. The number of hydrogen-bond donors (Lipinski definition) is 2. The summed E-state index contributed by atoms with van der Waals surface area (Å²) in [5.74, 6) is -2.11. The van der Waals surface area contributed by atoms with Crippen LogP contribution in [0.3, 0.4) is 0 Å². The Morgan fingerprint density at radius 1 is 1.08 bits per heavy atom. The minimum atomic E-state index is -1.06. The first-order chi connectivity index (χ1) is 11.8. The van der Waals surface area contributed by atoms with Crippen LogP contribution in [0.1, 0.15) is 76.8 Å². The van der Waals surface area contributed by atoms with Crippen molar-refractivity contribution in [1.82, 2.24) is 9.97 Å². The van der Waals surface area contributed by atoms with Gasteiger partial charge in [-0.05, 0) is 48.4 Å². The van der Waals surface area contributed by atoms with E-state index in [4.69, 9.17) is 0 Å². The lowest BCUT2D eigenvalue weighted by Gasteiger charge is -2.16. The van der Waals surface area contributed by atoms with Gasteiger partial charge >= 0.3 is 11.9 Å². The minimum absolute atomic E-state index is 0.0364. The molecule has 0 amide bonds. The maximum atomic E-state index is 11.4. The third-order valence-electron chi connectivity index (χ3n) is 4.38. The van der Waals surface area contributed by atoms with E-state index in [1.54, 1.807) is 24.3 Å². The lowest BCUT2D eigenvalue weighted by atomic mass is 9.93. The molecule has 0 aliphatic heterocycles. The Hall–Kier alpha value is -2.76. The molecule has 2 aromatic heterocycles. The zero-order valence-corrected chi connectivity index (χ0v) is 14.6. The Morgan fingerprint density at radius 2 is 1.80 bits per heavy atom. The van der Waals surface area contributed by atoms with Gasteiger partial charge in [0.25, 0.3) is 0 Å². The van der Waals surface area contributed by atoms with Crippen LogP contribution < -0.4 is 0 Å². The van der Waals surface area contributed by atoms with Crippen LogP contribution in [-0.4, -0.2) is 32.1 Å². The number of aromatic nitrogens is 2. The largest absolute Gasteiger partial charge is 0.478 e. The number of pyridine rings is 2. The maximum absolute atomic E-state index is 11.4. The lowest BCUT2D eigenvalue weighted by molar-refractivity contribution is 0.0680. The fourth-order valence-electron chi connectivity index (χ4n) is 2.80. The van der Waals surface area contributed by atoms with Crippen molar-refractivity contribution < 1.29 is 19.8 Å². The number of carbonyl (C=O) groups is 2. The monoisotopic (exact) mass is 342 g/mol. The van der Waals surface area contributed by atoms with Gasteiger partial charge in [-0.2, -0.15) is 0 Å². The van der Waals surface area contributed by atoms with Crippen molar-refractivity contribution in [3.8, 4) is 0 Å². The van der Waals surface area contributed by atoms with Crippen molar-refractivity contribution >= 4 is 11.9 Å². The zero-order chi connectivity index (χ0) is 18.6. The van der Waals surface area contributed by atoms with Crippen LogP contribution in [0.4, 0.5) is 0 Å². The topological polar surface area (TPSA) is 100 Å². The van der Waals surface area contributed by atoms with E-state index in [0.717, 1.165) is 12.1 Å². The summed E-state index contributed by atoms with van der Waals surface area (Å²) in [6, 6.07) is 6.75. The molecule has 6 nitrogen and oxygen atoms in total. The fourth-order valence-corrected chi connectivity index (χ4v) is 2.80. The third-order valence-corrected chi connectivity index (χ3v) is 4.38. The molecule has 2 heterocycles. The molecule has 0 fully saturated rings. The fraction of sp³-hybridized carbons (Fsp3) is 0.368. The predicted octanol–water partition coefficient (Wildman–Crippen LogP) is 3.73. The minimum Gasteiger partial charge on any atom is -0.478 e. The van der Waals surface area contributed by atoms with Crippen LogP contribution in [0.2, 0.25) is 0 Å². The van der Waals surface area contributed by atoms with Crippen LogP contribution in [0.5, 0.6) is 0 Å². The van der Waals surface area contributed by atoms with Crippen molar-refractivity contribution in [2.24, 2.45) is 0 Å². The average Bonchev–Trinajstić information content (AvgIpc) is 2.60. The van der Waals surface area contributed by atoms with Crippen molar-refractivity contribution in [1.29, 1.82) is 0 Å². The van der Waals surface area contributed by atoms with Gasteiger partial charge in [0, 0.05) is 11.9 Å². The number of nitrogens with zero attached hydrogens (tertiary/aromatic N) is 2.